The standard InChI is InChI=1S/C16H25N3O2/c1-9(2)19-10(3)13(7-17-19)16(21)18-15-12-5-4-11(6-12)14(15)8-20/h7,9,11-12,14-15,20H,4-6,8H2,1-3H3,(H,18,21). The number of aliphatic hydroxyl groups excluding tert-OH is 1. The Morgan fingerprint density at radius 3 is 2.81 bits per heavy atom. The number of fused-ring (bicyclic) bond motifs is 2. The van der Waals surface area contributed by atoms with Gasteiger partial charge in [0, 0.05) is 30.3 Å². The topological polar surface area (TPSA) is 67.2 Å². The molecule has 0 aromatic carbocycles. The van der Waals surface area contributed by atoms with Gasteiger partial charge < -0.3 is 10.4 Å². The highest BCUT2D eigenvalue weighted by Gasteiger charge is 2.47. The van der Waals surface area contributed by atoms with Crippen LogP contribution in [-0.4, -0.2) is 33.4 Å². The van der Waals surface area contributed by atoms with Gasteiger partial charge in [0.2, 0.25) is 0 Å². The molecule has 0 aliphatic heterocycles. The number of carbonyl (C=O) groups is 1. The summed E-state index contributed by atoms with van der Waals surface area (Å²) in [5, 5.41) is 17.1. The molecular formula is C16H25N3O2. The van der Waals surface area contributed by atoms with Gasteiger partial charge in [0.1, 0.15) is 0 Å². The van der Waals surface area contributed by atoms with Crippen LogP contribution in [0, 0.1) is 24.7 Å². The normalized spacial score (nSPS) is 31.1. The van der Waals surface area contributed by atoms with Crippen molar-refractivity contribution in [3.63, 3.8) is 0 Å². The Hall–Kier alpha value is -1.36. The van der Waals surface area contributed by atoms with Crippen LogP contribution in [0.3, 0.4) is 0 Å². The summed E-state index contributed by atoms with van der Waals surface area (Å²) in [6.45, 7) is 6.22. The number of hydrogen-bond acceptors (Lipinski definition) is 3. The molecule has 2 N–H and O–H groups in total. The number of nitrogens with zero attached hydrogens (tertiary/aromatic N) is 2. The van der Waals surface area contributed by atoms with E-state index in [2.05, 4.69) is 24.3 Å². The SMILES string of the molecule is Cc1c(C(=O)NC2C3CCC(C3)C2CO)cnn1C(C)C. The van der Waals surface area contributed by atoms with Crippen LogP contribution < -0.4 is 5.32 Å². The van der Waals surface area contributed by atoms with Crippen molar-refractivity contribution >= 4 is 5.91 Å². The Balaban J connectivity index is 1.75. The van der Waals surface area contributed by atoms with Crippen molar-refractivity contribution in [2.24, 2.45) is 17.8 Å². The molecular weight excluding hydrogens is 266 g/mol. The van der Waals surface area contributed by atoms with Gasteiger partial charge in [-0.15, -0.1) is 0 Å². The summed E-state index contributed by atoms with van der Waals surface area (Å²) in [7, 11) is 0. The summed E-state index contributed by atoms with van der Waals surface area (Å²) >= 11 is 0. The third-order valence-electron chi connectivity index (χ3n) is 5.38. The van der Waals surface area contributed by atoms with Crippen molar-refractivity contribution in [3.05, 3.63) is 17.5 Å². The fourth-order valence-electron chi connectivity index (χ4n) is 4.29. The molecule has 2 aliphatic carbocycles. The lowest BCUT2D eigenvalue weighted by Gasteiger charge is -2.30. The fraction of sp³-hybridized carbons (Fsp3) is 0.750. The van der Waals surface area contributed by atoms with E-state index in [0.29, 0.717) is 17.4 Å². The van der Waals surface area contributed by atoms with E-state index in [-0.39, 0.29) is 30.5 Å². The third-order valence-corrected chi connectivity index (χ3v) is 5.38. The highest BCUT2D eigenvalue weighted by Crippen LogP contribution is 2.48. The summed E-state index contributed by atoms with van der Waals surface area (Å²) in [6.07, 6.45) is 5.19. The van der Waals surface area contributed by atoms with Crippen LogP contribution in [0.15, 0.2) is 6.20 Å². The molecule has 1 aromatic heterocycles. The third kappa shape index (κ3) is 2.37. The molecule has 4 unspecified atom stereocenters. The highest BCUT2D eigenvalue weighted by atomic mass is 16.3. The van der Waals surface area contributed by atoms with E-state index < -0.39 is 0 Å². The predicted molar refractivity (Wildman–Crippen MR) is 80.0 cm³/mol. The van der Waals surface area contributed by atoms with Gasteiger partial charge in [-0.25, -0.2) is 0 Å². The molecule has 5 nitrogen and oxygen atoms in total. The molecule has 0 spiro atoms. The van der Waals surface area contributed by atoms with Crippen LogP contribution in [0.2, 0.25) is 0 Å². The largest absolute Gasteiger partial charge is 0.396 e. The Morgan fingerprint density at radius 1 is 1.48 bits per heavy atom. The van der Waals surface area contributed by atoms with Gasteiger partial charge in [0.05, 0.1) is 11.8 Å². The zero-order valence-electron chi connectivity index (χ0n) is 13.0. The Bertz CT molecular complexity index is 538. The Morgan fingerprint density at radius 2 is 2.19 bits per heavy atom. The lowest BCUT2D eigenvalue weighted by atomic mass is 9.85. The number of nitrogens with one attached hydrogen (secondary N) is 1. The first-order chi connectivity index (χ1) is 10.0. The molecule has 5 heteroatoms. The van der Waals surface area contributed by atoms with Crippen molar-refractivity contribution in [2.75, 3.05) is 6.61 Å². The average molecular weight is 291 g/mol. The maximum Gasteiger partial charge on any atom is 0.254 e. The second-order valence-electron chi connectivity index (χ2n) is 6.86. The molecule has 0 saturated heterocycles. The van der Waals surface area contributed by atoms with Gasteiger partial charge >= 0.3 is 0 Å². The fourth-order valence-corrected chi connectivity index (χ4v) is 4.29. The maximum atomic E-state index is 12.5. The molecule has 4 atom stereocenters. The molecule has 1 aromatic rings. The van der Waals surface area contributed by atoms with Gasteiger partial charge in [-0.2, -0.15) is 5.10 Å². The summed E-state index contributed by atoms with van der Waals surface area (Å²) in [4.78, 5) is 12.5. The molecule has 21 heavy (non-hydrogen) atoms. The zero-order valence-corrected chi connectivity index (χ0v) is 13.0. The van der Waals surface area contributed by atoms with E-state index >= 15 is 0 Å². The average Bonchev–Trinajstić information content (AvgIpc) is 3.12. The van der Waals surface area contributed by atoms with Crippen LogP contribution >= 0.6 is 0 Å². The number of rotatable bonds is 4. The summed E-state index contributed by atoms with van der Waals surface area (Å²) < 4.78 is 1.87. The summed E-state index contributed by atoms with van der Waals surface area (Å²) in [5.74, 6) is 1.31. The molecule has 2 aliphatic rings. The molecule has 1 heterocycles. The maximum absolute atomic E-state index is 12.5. The van der Waals surface area contributed by atoms with E-state index in [1.54, 1.807) is 6.20 Å². The monoisotopic (exact) mass is 291 g/mol. The first kappa shape index (κ1) is 14.6. The molecule has 2 bridgehead atoms. The molecule has 3 rings (SSSR count). The lowest BCUT2D eigenvalue weighted by Crippen LogP contribution is -2.45. The number of aliphatic hydroxyl groups is 1. The second-order valence-corrected chi connectivity index (χ2v) is 6.86. The van der Waals surface area contributed by atoms with E-state index in [0.717, 1.165) is 12.1 Å². The van der Waals surface area contributed by atoms with E-state index in [9.17, 15) is 9.90 Å². The molecule has 0 radical (unpaired) electrons. The van der Waals surface area contributed by atoms with E-state index in [1.807, 2.05) is 11.6 Å². The summed E-state index contributed by atoms with van der Waals surface area (Å²) in [5.41, 5.74) is 1.56. The number of hydrogen-bond donors (Lipinski definition) is 2. The smallest absolute Gasteiger partial charge is 0.254 e. The quantitative estimate of drug-likeness (QED) is 0.890. The van der Waals surface area contributed by atoms with Crippen molar-refractivity contribution in [1.29, 1.82) is 0 Å². The van der Waals surface area contributed by atoms with Crippen LogP contribution in [-0.2, 0) is 0 Å². The van der Waals surface area contributed by atoms with Gasteiger partial charge in [-0.1, -0.05) is 0 Å². The Kier molecular flexibility index (Phi) is 3.78. The molecule has 2 saturated carbocycles. The van der Waals surface area contributed by atoms with Gasteiger partial charge in [0.15, 0.2) is 0 Å². The molecule has 1 amide bonds. The lowest BCUT2D eigenvalue weighted by molar-refractivity contribution is 0.0861. The van der Waals surface area contributed by atoms with Gasteiger partial charge in [-0.3, -0.25) is 9.48 Å². The van der Waals surface area contributed by atoms with Crippen molar-refractivity contribution in [3.8, 4) is 0 Å². The van der Waals surface area contributed by atoms with Gasteiger partial charge in [-0.05, 0) is 51.9 Å². The van der Waals surface area contributed by atoms with Crippen LogP contribution in [0.5, 0.6) is 0 Å². The first-order valence-electron chi connectivity index (χ1n) is 7.98. The molecule has 116 valence electrons. The van der Waals surface area contributed by atoms with E-state index in [4.69, 9.17) is 0 Å². The van der Waals surface area contributed by atoms with Crippen LogP contribution in [0.4, 0.5) is 0 Å². The van der Waals surface area contributed by atoms with Crippen molar-refractivity contribution in [1.82, 2.24) is 15.1 Å². The predicted octanol–water partition coefficient (Wildman–Crippen LogP) is 1.91. The zero-order chi connectivity index (χ0) is 15.1. The minimum absolute atomic E-state index is 0.0459. The van der Waals surface area contributed by atoms with Crippen molar-refractivity contribution in [2.45, 2.75) is 52.1 Å². The molecule has 2 fully saturated rings. The van der Waals surface area contributed by atoms with Crippen LogP contribution in [0.25, 0.3) is 0 Å². The van der Waals surface area contributed by atoms with Crippen LogP contribution in [0.1, 0.15) is 55.2 Å². The Labute approximate surface area is 125 Å². The second kappa shape index (κ2) is 5.44. The minimum atomic E-state index is -0.0459. The minimum Gasteiger partial charge on any atom is -0.396 e. The van der Waals surface area contributed by atoms with Crippen molar-refractivity contribution < 1.29 is 9.90 Å². The highest BCUT2D eigenvalue weighted by molar-refractivity contribution is 5.95. The first-order valence-corrected chi connectivity index (χ1v) is 7.98. The summed E-state index contributed by atoms with van der Waals surface area (Å²) in [6, 6.07) is 0.377. The number of carbonyl (C=O) groups excluding carboxylic acids is 1. The van der Waals surface area contributed by atoms with Gasteiger partial charge in [0.25, 0.3) is 5.91 Å². The number of amides is 1. The number of aromatic nitrogens is 2. The van der Waals surface area contributed by atoms with E-state index in [1.165, 1.54) is 12.8 Å².